The first-order valence-corrected chi connectivity index (χ1v) is 13.0. The van der Waals surface area contributed by atoms with Gasteiger partial charge >= 0.3 is 11.9 Å². The number of esters is 2. The van der Waals surface area contributed by atoms with Crippen LogP contribution in [0.25, 0.3) is 21.5 Å². The molecule has 35 heavy (non-hydrogen) atoms. The molecule has 0 radical (unpaired) electrons. The van der Waals surface area contributed by atoms with Crippen molar-refractivity contribution in [2.45, 2.75) is 57.2 Å². The van der Waals surface area contributed by atoms with E-state index in [4.69, 9.17) is 9.47 Å². The summed E-state index contributed by atoms with van der Waals surface area (Å²) in [4.78, 5) is 26.1. The van der Waals surface area contributed by atoms with Crippen molar-refractivity contribution in [3.05, 3.63) is 60.2 Å². The van der Waals surface area contributed by atoms with Crippen LogP contribution in [0.2, 0.25) is 0 Å². The maximum Gasteiger partial charge on any atom is 0.339 e. The monoisotopic (exact) mass is 472 g/mol. The highest BCUT2D eigenvalue weighted by molar-refractivity contribution is 6.16. The number of hydrogen-bond acceptors (Lipinski definition) is 5. The summed E-state index contributed by atoms with van der Waals surface area (Å²) in [6, 6.07) is 17.6. The van der Waals surface area contributed by atoms with Crippen molar-refractivity contribution in [3.63, 3.8) is 0 Å². The fraction of sp³-hybridized carbons (Fsp3) is 0.467. The Morgan fingerprint density at radius 3 is 2.23 bits per heavy atom. The maximum atomic E-state index is 13.4. The Bertz CT molecular complexity index is 1210. The summed E-state index contributed by atoms with van der Waals surface area (Å²) in [6.07, 6.45) is 4.73. The number of fused-ring (bicyclic) bond motifs is 3. The molecule has 0 bridgehead atoms. The molecule has 0 spiro atoms. The van der Waals surface area contributed by atoms with Crippen molar-refractivity contribution in [2.75, 3.05) is 6.61 Å². The first-order valence-electron chi connectivity index (χ1n) is 13.0. The highest BCUT2D eigenvalue weighted by Gasteiger charge is 2.42. The van der Waals surface area contributed by atoms with Crippen LogP contribution < -0.4 is 0 Å². The Kier molecular flexibility index (Phi) is 5.97. The van der Waals surface area contributed by atoms with E-state index in [0.29, 0.717) is 30.9 Å². The Balaban J connectivity index is 1.11. The van der Waals surface area contributed by atoms with Crippen LogP contribution in [0.5, 0.6) is 0 Å². The van der Waals surface area contributed by atoms with Crippen LogP contribution in [0, 0.1) is 23.7 Å². The number of hydrogen-bond donors (Lipinski definition) is 1. The second-order valence-corrected chi connectivity index (χ2v) is 10.8. The number of rotatable bonds is 5. The first kappa shape index (κ1) is 22.5. The number of benzene rings is 3. The quantitative estimate of drug-likeness (QED) is 0.383. The van der Waals surface area contributed by atoms with Gasteiger partial charge in [0.05, 0.1) is 24.2 Å². The average Bonchev–Trinajstić information content (AvgIpc) is 3.66. The van der Waals surface area contributed by atoms with Crippen LogP contribution in [0.4, 0.5) is 0 Å². The third-order valence-electron chi connectivity index (χ3n) is 8.43. The van der Waals surface area contributed by atoms with Gasteiger partial charge in [0.1, 0.15) is 6.10 Å². The molecule has 5 nitrogen and oxygen atoms in total. The molecule has 182 valence electrons. The fourth-order valence-corrected chi connectivity index (χ4v) is 6.32. The number of carbonyl (C=O) groups is 2. The second-order valence-electron chi connectivity index (χ2n) is 10.8. The van der Waals surface area contributed by atoms with Gasteiger partial charge in [-0.25, -0.2) is 4.79 Å². The van der Waals surface area contributed by atoms with Gasteiger partial charge in [0.25, 0.3) is 0 Å². The van der Waals surface area contributed by atoms with Crippen LogP contribution in [0.15, 0.2) is 54.6 Å². The highest BCUT2D eigenvalue weighted by atomic mass is 16.6. The lowest BCUT2D eigenvalue weighted by Crippen LogP contribution is -2.40. The van der Waals surface area contributed by atoms with Gasteiger partial charge in [-0.3, -0.25) is 4.79 Å². The predicted molar refractivity (Wildman–Crippen MR) is 134 cm³/mol. The summed E-state index contributed by atoms with van der Waals surface area (Å²) < 4.78 is 11.5. The van der Waals surface area contributed by atoms with E-state index in [9.17, 15) is 14.7 Å². The molecule has 6 unspecified atom stereocenters. The summed E-state index contributed by atoms with van der Waals surface area (Å²) in [7, 11) is 0. The lowest BCUT2D eigenvalue weighted by atomic mass is 9.85. The van der Waals surface area contributed by atoms with Gasteiger partial charge in [-0.2, -0.15) is 0 Å². The van der Waals surface area contributed by atoms with Crippen molar-refractivity contribution < 1.29 is 24.2 Å². The van der Waals surface area contributed by atoms with E-state index in [1.165, 1.54) is 19.3 Å². The molecule has 3 fully saturated rings. The molecule has 5 heteroatoms. The Morgan fingerprint density at radius 2 is 1.54 bits per heavy atom. The molecule has 3 aliphatic rings. The zero-order valence-corrected chi connectivity index (χ0v) is 19.9. The molecule has 0 heterocycles. The van der Waals surface area contributed by atoms with Gasteiger partial charge < -0.3 is 14.6 Å². The number of aliphatic hydroxyl groups excluding tert-OH is 1. The molecular weight excluding hydrogens is 440 g/mol. The maximum absolute atomic E-state index is 13.4. The predicted octanol–water partition coefficient (Wildman–Crippen LogP) is 5.66. The standard InChI is InChI=1S/C30H32O5/c31-26-16-22(29(32)34-17-18-9-10-19-14-23(19)13-18)11-12-27(26)35-30(33)28-24-7-3-1-5-20(24)15-21-6-2-4-8-25(21)28/h1-8,15,18-19,22-23,26-27,31H,9-14,16-17H2. The smallest absolute Gasteiger partial charge is 0.339 e. The first-order chi connectivity index (χ1) is 17.1. The lowest BCUT2D eigenvalue weighted by Gasteiger charge is -2.32. The van der Waals surface area contributed by atoms with Gasteiger partial charge in [0.15, 0.2) is 0 Å². The van der Waals surface area contributed by atoms with E-state index in [1.54, 1.807) is 0 Å². The number of ether oxygens (including phenoxy) is 2. The Labute approximate surface area is 205 Å². The van der Waals surface area contributed by atoms with E-state index in [2.05, 4.69) is 6.07 Å². The molecule has 0 aliphatic heterocycles. The third kappa shape index (κ3) is 4.54. The van der Waals surface area contributed by atoms with Crippen molar-refractivity contribution in [1.82, 2.24) is 0 Å². The molecule has 3 aliphatic carbocycles. The number of aliphatic hydroxyl groups is 1. The van der Waals surface area contributed by atoms with Crippen LogP contribution in [-0.2, 0) is 14.3 Å². The summed E-state index contributed by atoms with van der Waals surface area (Å²) in [5.41, 5.74) is 0.526. The van der Waals surface area contributed by atoms with E-state index >= 15 is 0 Å². The van der Waals surface area contributed by atoms with Gasteiger partial charge in [-0.15, -0.1) is 0 Å². The fourth-order valence-electron chi connectivity index (χ4n) is 6.32. The molecule has 1 N–H and O–H groups in total. The Hall–Kier alpha value is -2.92. The summed E-state index contributed by atoms with van der Waals surface area (Å²) in [5.74, 6) is 1.29. The minimum atomic E-state index is -0.881. The van der Waals surface area contributed by atoms with Crippen LogP contribution in [0.3, 0.4) is 0 Å². The number of carbonyl (C=O) groups excluding carboxylic acids is 2. The van der Waals surface area contributed by atoms with Crippen LogP contribution in [-0.4, -0.2) is 35.9 Å². The molecule has 3 saturated carbocycles. The molecular formula is C30H32O5. The lowest BCUT2D eigenvalue weighted by molar-refractivity contribution is -0.154. The van der Waals surface area contributed by atoms with Crippen molar-refractivity contribution in [2.24, 2.45) is 23.7 Å². The topological polar surface area (TPSA) is 72.8 Å². The van der Waals surface area contributed by atoms with Crippen molar-refractivity contribution in [1.29, 1.82) is 0 Å². The summed E-state index contributed by atoms with van der Waals surface area (Å²) in [5, 5.41) is 14.4. The zero-order valence-electron chi connectivity index (χ0n) is 19.9. The average molecular weight is 473 g/mol. The largest absolute Gasteiger partial charge is 0.465 e. The molecule has 0 aromatic heterocycles. The van der Waals surface area contributed by atoms with Crippen LogP contribution >= 0.6 is 0 Å². The molecule has 0 saturated heterocycles. The SMILES string of the molecule is O=C(OC1CCC(C(=O)OCC2CCC3CC3C2)CC1O)c1c2ccccc2cc2ccccc12. The highest BCUT2D eigenvalue weighted by Crippen LogP contribution is 2.51. The normalized spacial score (nSPS) is 30.0. The van der Waals surface area contributed by atoms with Gasteiger partial charge in [-0.05, 0) is 90.3 Å². The van der Waals surface area contributed by atoms with Crippen molar-refractivity contribution in [3.8, 4) is 0 Å². The molecule has 3 aromatic rings. The third-order valence-corrected chi connectivity index (χ3v) is 8.43. The minimum absolute atomic E-state index is 0.216. The Morgan fingerprint density at radius 1 is 0.829 bits per heavy atom. The molecule has 6 atom stereocenters. The van der Waals surface area contributed by atoms with Gasteiger partial charge in [-0.1, -0.05) is 48.5 Å². The van der Waals surface area contributed by atoms with Gasteiger partial charge in [0, 0.05) is 0 Å². The zero-order chi connectivity index (χ0) is 23.9. The summed E-state index contributed by atoms with van der Waals surface area (Å²) >= 11 is 0. The molecule has 3 aromatic carbocycles. The minimum Gasteiger partial charge on any atom is -0.465 e. The van der Waals surface area contributed by atoms with E-state index in [1.807, 2.05) is 48.5 Å². The van der Waals surface area contributed by atoms with E-state index in [-0.39, 0.29) is 18.3 Å². The van der Waals surface area contributed by atoms with E-state index < -0.39 is 18.2 Å². The second kappa shape index (κ2) is 9.27. The van der Waals surface area contributed by atoms with E-state index in [0.717, 1.165) is 39.8 Å². The summed E-state index contributed by atoms with van der Waals surface area (Å²) in [6.45, 7) is 0.501. The van der Waals surface area contributed by atoms with Crippen molar-refractivity contribution >= 4 is 33.5 Å². The van der Waals surface area contributed by atoms with Gasteiger partial charge in [0.2, 0.25) is 0 Å². The van der Waals surface area contributed by atoms with Crippen LogP contribution in [0.1, 0.15) is 55.3 Å². The molecule has 0 amide bonds. The molecule has 6 rings (SSSR count).